The van der Waals surface area contributed by atoms with Crippen molar-refractivity contribution in [2.24, 2.45) is 0 Å². The highest BCUT2D eigenvalue weighted by Crippen LogP contribution is 2.37. The van der Waals surface area contributed by atoms with Gasteiger partial charge in [0, 0.05) is 31.8 Å². The standard InChI is InChI=1S/C27H37NO3/c1-19(2)23-10-6-22(7-11-23)17-27(5)18-24-16-21(8-12-25(24)31-27)9-13-26(30)28(14-15-29)20(3)4/h6-8,10-12,16,19-20,29H,9,13-15,17-18H2,1-5H3/t27-/m1/s1. The lowest BCUT2D eigenvalue weighted by Crippen LogP contribution is -2.39. The molecule has 0 spiro atoms. The van der Waals surface area contributed by atoms with Crippen molar-refractivity contribution >= 4 is 5.91 Å². The van der Waals surface area contributed by atoms with Crippen LogP contribution in [-0.4, -0.2) is 40.7 Å². The van der Waals surface area contributed by atoms with Gasteiger partial charge < -0.3 is 14.7 Å². The molecular weight excluding hydrogens is 386 g/mol. The van der Waals surface area contributed by atoms with E-state index in [0.29, 0.717) is 25.3 Å². The molecule has 3 rings (SSSR count). The van der Waals surface area contributed by atoms with Crippen LogP contribution in [0, 0.1) is 0 Å². The summed E-state index contributed by atoms with van der Waals surface area (Å²) >= 11 is 0. The van der Waals surface area contributed by atoms with Crippen molar-refractivity contribution in [1.82, 2.24) is 4.90 Å². The number of aryl methyl sites for hydroxylation is 1. The van der Waals surface area contributed by atoms with E-state index in [-0.39, 0.29) is 24.2 Å². The van der Waals surface area contributed by atoms with Gasteiger partial charge in [0.05, 0.1) is 6.61 Å². The molecule has 1 atom stereocenters. The van der Waals surface area contributed by atoms with Crippen molar-refractivity contribution in [2.75, 3.05) is 13.2 Å². The summed E-state index contributed by atoms with van der Waals surface area (Å²) in [5, 5.41) is 9.21. The lowest BCUT2D eigenvalue weighted by atomic mass is 9.90. The second-order valence-electron chi connectivity index (χ2n) is 9.65. The third kappa shape index (κ3) is 5.88. The molecule has 1 N–H and O–H groups in total. The molecule has 0 unspecified atom stereocenters. The van der Waals surface area contributed by atoms with Crippen molar-refractivity contribution in [1.29, 1.82) is 0 Å². The molecule has 4 nitrogen and oxygen atoms in total. The molecule has 168 valence electrons. The number of hydrogen-bond donors (Lipinski definition) is 1. The van der Waals surface area contributed by atoms with Gasteiger partial charge in [-0.1, -0.05) is 50.2 Å². The summed E-state index contributed by atoms with van der Waals surface area (Å²) in [7, 11) is 0. The second kappa shape index (κ2) is 9.86. The van der Waals surface area contributed by atoms with Crippen LogP contribution >= 0.6 is 0 Å². The normalized spacial score (nSPS) is 17.7. The van der Waals surface area contributed by atoms with Crippen molar-refractivity contribution in [3.05, 3.63) is 64.7 Å². The van der Waals surface area contributed by atoms with Gasteiger partial charge >= 0.3 is 0 Å². The fourth-order valence-electron chi connectivity index (χ4n) is 4.45. The van der Waals surface area contributed by atoms with Crippen LogP contribution in [0.25, 0.3) is 0 Å². The van der Waals surface area contributed by atoms with E-state index < -0.39 is 0 Å². The molecule has 1 aliphatic rings. The summed E-state index contributed by atoms with van der Waals surface area (Å²) < 4.78 is 6.36. The number of nitrogens with zero attached hydrogens (tertiary/aromatic N) is 1. The first-order chi connectivity index (χ1) is 14.7. The van der Waals surface area contributed by atoms with E-state index in [2.05, 4.69) is 63.2 Å². The quantitative estimate of drug-likeness (QED) is 0.624. The first-order valence-electron chi connectivity index (χ1n) is 11.5. The Hall–Kier alpha value is -2.33. The molecule has 0 bridgehead atoms. The smallest absolute Gasteiger partial charge is 0.223 e. The fraction of sp³-hybridized carbons (Fsp3) is 0.519. The predicted molar refractivity (Wildman–Crippen MR) is 126 cm³/mol. The summed E-state index contributed by atoms with van der Waals surface area (Å²) in [6, 6.07) is 15.3. The Morgan fingerprint density at radius 3 is 2.39 bits per heavy atom. The Balaban J connectivity index is 1.62. The molecule has 0 saturated carbocycles. The number of carbonyl (C=O) groups is 1. The number of fused-ring (bicyclic) bond motifs is 1. The molecule has 1 aliphatic heterocycles. The van der Waals surface area contributed by atoms with Gasteiger partial charge in [-0.15, -0.1) is 0 Å². The van der Waals surface area contributed by atoms with Crippen LogP contribution in [-0.2, 0) is 24.1 Å². The Kier molecular flexibility index (Phi) is 7.42. The van der Waals surface area contributed by atoms with Crippen LogP contribution < -0.4 is 4.74 Å². The zero-order valence-corrected chi connectivity index (χ0v) is 19.6. The van der Waals surface area contributed by atoms with Gasteiger partial charge in [-0.05, 0) is 61.4 Å². The first-order valence-corrected chi connectivity index (χ1v) is 11.5. The van der Waals surface area contributed by atoms with Gasteiger partial charge in [0.25, 0.3) is 0 Å². The molecule has 0 radical (unpaired) electrons. The maximum absolute atomic E-state index is 12.5. The topological polar surface area (TPSA) is 49.8 Å². The van der Waals surface area contributed by atoms with E-state index in [9.17, 15) is 9.90 Å². The number of rotatable bonds is 9. The summed E-state index contributed by atoms with van der Waals surface area (Å²) in [6.07, 6.45) is 2.91. The molecule has 0 aromatic heterocycles. The van der Waals surface area contributed by atoms with Gasteiger partial charge in [0.2, 0.25) is 5.91 Å². The summed E-state index contributed by atoms with van der Waals surface area (Å²) in [5.41, 5.74) is 4.80. The van der Waals surface area contributed by atoms with Crippen LogP contribution in [0.2, 0.25) is 0 Å². The van der Waals surface area contributed by atoms with E-state index in [1.807, 2.05) is 13.8 Å². The largest absolute Gasteiger partial charge is 0.487 e. The molecule has 0 saturated heterocycles. The van der Waals surface area contributed by atoms with Gasteiger partial charge in [-0.25, -0.2) is 0 Å². The number of aliphatic hydroxyl groups is 1. The zero-order chi connectivity index (χ0) is 22.6. The average Bonchev–Trinajstić information content (AvgIpc) is 3.05. The van der Waals surface area contributed by atoms with Gasteiger partial charge in [-0.2, -0.15) is 0 Å². The molecule has 2 aromatic rings. The molecule has 0 aliphatic carbocycles. The summed E-state index contributed by atoms with van der Waals surface area (Å²) in [5.74, 6) is 1.59. The van der Waals surface area contributed by atoms with Crippen LogP contribution in [0.1, 0.15) is 69.2 Å². The summed E-state index contributed by atoms with van der Waals surface area (Å²) in [6.45, 7) is 11.0. The fourth-order valence-corrected chi connectivity index (χ4v) is 4.45. The molecular formula is C27H37NO3. The van der Waals surface area contributed by atoms with Crippen molar-refractivity contribution in [2.45, 2.75) is 77.9 Å². The highest BCUT2D eigenvalue weighted by molar-refractivity contribution is 5.76. The third-order valence-electron chi connectivity index (χ3n) is 6.18. The van der Waals surface area contributed by atoms with Crippen LogP contribution in [0.15, 0.2) is 42.5 Å². The van der Waals surface area contributed by atoms with Crippen LogP contribution in [0.5, 0.6) is 5.75 Å². The lowest BCUT2D eigenvalue weighted by Gasteiger charge is -2.26. The number of ether oxygens (including phenoxy) is 1. The van der Waals surface area contributed by atoms with Crippen molar-refractivity contribution in [3.8, 4) is 5.75 Å². The van der Waals surface area contributed by atoms with Crippen LogP contribution in [0.4, 0.5) is 0 Å². The van der Waals surface area contributed by atoms with E-state index in [0.717, 1.165) is 24.2 Å². The average molecular weight is 424 g/mol. The highest BCUT2D eigenvalue weighted by Gasteiger charge is 2.35. The summed E-state index contributed by atoms with van der Waals surface area (Å²) in [4.78, 5) is 14.3. The monoisotopic (exact) mass is 423 g/mol. The predicted octanol–water partition coefficient (Wildman–Crippen LogP) is 4.91. The number of aliphatic hydroxyl groups excluding tert-OH is 1. The molecule has 2 aromatic carbocycles. The van der Waals surface area contributed by atoms with Crippen molar-refractivity contribution in [3.63, 3.8) is 0 Å². The second-order valence-corrected chi connectivity index (χ2v) is 9.65. The molecule has 1 heterocycles. The maximum Gasteiger partial charge on any atom is 0.223 e. The van der Waals surface area contributed by atoms with E-state index in [1.165, 1.54) is 16.7 Å². The number of carbonyl (C=O) groups excluding carboxylic acids is 1. The van der Waals surface area contributed by atoms with E-state index >= 15 is 0 Å². The minimum Gasteiger partial charge on any atom is -0.487 e. The van der Waals surface area contributed by atoms with E-state index in [4.69, 9.17) is 4.74 Å². The minimum atomic E-state index is -0.244. The number of hydrogen-bond acceptors (Lipinski definition) is 3. The maximum atomic E-state index is 12.5. The molecule has 1 amide bonds. The number of benzene rings is 2. The van der Waals surface area contributed by atoms with Crippen molar-refractivity contribution < 1.29 is 14.6 Å². The zero-order valence-electron chi connectivity index (χ0n) is 19.6. The molecule has 31 heavy (non-hydrogen) atoms. The third-order valence-corrected chi connectivity index (χ3v) is 6.18. The van der Waals surface area contributed by atoms with Gasteiger partial charge in [0.15, 0.2) is 0 Å². The van der Waals surface area contributed by atoms with Crippen LogP contribution in [0.3, 0.4) is 0 Å². The van der Waals surface area contributed by atoms with Gasteiger partial charge in [-0.3, -0.25) is 4.79 Å². The number of amides is 1. The Morgan fingerprint density at radius 1 is 1.10 bits per heavy atom. The van der Waals surface area contributed by atoms with Gasteiger partial charge in [0.1, 0.15) is 11.4 Å². The van der Waals surface area contributed by atoms with E-state index in [1.54, 1.807) is 4.90 Å². The Morgan fingerprint density at radius 2 is 1.77 bits per heavy atom. The first kappa shape index (κ1) is 23.3. The SMILES string of the molecule is CC(C)c1ccc(C[C@]2(C)Cc3cc(CCC(=O)N(CCO)C(C)C)ccc3O2)cc1. The molecule has 0 fully saturated rings. The Bertz CT molecular complexity index is 888. The Labute approximate surface area is 187 Å². The minimum absolute atomic E-state index is 0.00111. The lowest BCUT2D eigenvalue weighted by molar-refractivity contribution is -0.133. The highest BCUT2D eigenvalue weighted by atomic mass is 16.5. The molecule has 4 heteroatoms.